The van der Waals surface area contributed by atoms with Crippen LogP contribution in [0.25, 0.3) is 16.9 Å². The van der Waals surface area contributed by atoms with Gasteiger partial charge in [-0.1, -0.05) is 36.4 Å². The van der Waals surface area contributed by atoms with E-state index in [9.17, 15) is 9.59 Å². The topological polar surface area (TPSA) is 54.8 Å². The van der Waals surface area contributed by atoms with E-state index in [2.05, 4.69) is 4.57 Å². The van der Waals surface area contributed by atoms with Crippen LogP contribution in [0, 0.1) is 6.92 Å². The summed E-state index contributed by atoms with van der Waals surface area (Å²) < 4.78 is 7.53. The molecule has 0 saturated carbocycles. The minimum absolute atomic E-state index is 0.000436. The van der Waals surface area contributed by atoms with E-state index < -0.39 is 0 Å². The van der Waals surface area contributed by atoms with Crippen LogP contribution in [0.3, 0.4) is 0 Å². The highest BCUT2D eigenvalue weighted by molar-refractivity contribution is 5.97. The molecule has 3 aromatic rings. The lowest BCUT2D eigenvalue weighted by Gasteiger charge is -2.34. The number of hydrogen-bond donors (Lipinski definition) is 0. The minimum Gasteiger partial charge on any atom is -0.497 e. The van der Waals surface area contributed by atoms with Crippen LogP contribution in [-0.4, -0.2) is 59.5 Å². The lowest BCUT2D eigenvalue weighted by Crippen LogP contribution is -2.50. The maximum Gasteiger partial charge on any atom is 0.255 e. The fourth-order valence-electron chi connectivity index (χ4n) is 4.12. The third-order valence-electron chi connectivity index (χ3n) is 5.87. The molecule has 1 aliphatic rings. The predicted molar refractivity (Wildman–Crippen MR) is 121 cm³/mol. The molecule has 31 heavy (non-hydrogen) atoms. The third kappa shape index (κ3) is 4.06. The van der Waals surface area contributed by atoms with Crippen molar-refractivity contribution in [2.75, 3.05) is 33.3 Å². The summed E-state index contributed by atoms with van der Waals surface area (Å²) >= 11 is 0. The van der Waals surface area contributed by atoms with Crippen molar-refractivity contribution < 1.29 is 14.3 Å². The molecule has 0 radical (unpaired) electrons. The second-order valence-corrected chi connectivity index (χ2v) is 7.73. The Morgan fingerprint density at radius 3 is 2.19 bits per heavy atom. The summed E-state index contributed by atoms with van der Waals surface area (Å²) in [6.07, 6.45) is 0. The van der Waals surface area contributed by atoms with Gasteiger partial charge >= 0.3 is 0 Å². The molecule has 2 amide bonds. The average Bonchev–Trinajstić information content (AvgIpc) is 3.16. The maximum atomic E-state index is 13.4. The van der Waals surface area contributed by atoms with Crippen molar-refractivity contribution >= 4 is 11.8 Å². The van der Waals surface area contributed by atoms with E-state index in [4.69, 9.17) is 4.74 Å². The SMILES string of the molecule is COc1cccc(-n2c(-c3ccccc3)cc(C(=O)N3CCN(C(C)=O)CC3)c2C)c1. The Kier molecular flexibility index (Phi) is 5.80. The summed E-state index contributed by atoms with van der Waals surface area (Å²) in [7, 11) is 1.65. The summed E-state index contributed by atoms with van der Waals surface area (Å²) in [6, 6.07) is 19.9. The van der Waals surface area contributed by atoms with Gasteiger partial charge in [-0.3, -0.25) is 9.59 Å². The molecule has 2 heterocycles. The fraction of sp³-hybridized carbons (Fsp3) is 0.280. The van der Waals surface area contributed by atoms with E-state index in [1.54, 1.807) is 18.9 Å². The Morgan fingerprint density at radius 2 is 1.55 bits per heavy atom. The van der Waals surface area contributed by atoms with E-state index in [1.165, 1.54) is 0 Å². The van der Waals surface area contributed by atoms with Crippen LogP contribution < -0.4 is 4.74 Å². The number of nitrogens with zero attached hydrogens (tertiary/aromatic N) is 3. The van der Waals surface area contributed by atoms with Crippen molar-refractivity contribution in [1.82, 2.24) is 14.4 Å². The zero-order valence-electron chi connectivity index (χ0n) is 18.2. The molecule has 6 heteroatoms. The molecule has 160 valence electrons. The van der Waals surface area contributed by atoms with Gasteiger partial charge in [0.05, 0.1) is 18.4 Å². The average molecular weight is 418 g/mol. The van der Waals surface area contributed by atoms with E-state index in [1.807, 2.05) is 72.5 Å². The van der Waals surface area contributed by atoms with Crippen LogP contribution in [0.5, 0.6) is 5.75 Å². The van der Waals surface area contributed by atoms with E-state index >= 15 is 0 Å². The number of methoxy groups -OCH3 is 1. The fourth-order valence-corrected chi connectivity index (χ4v) is 4.12. The molecule has 1 aromatic heterocycles. The first-order valence-electron chi connectivity index (χ1n) is 10.5. The van der Waals surface area contributed by atoms with Gasteiger partial charge in [-0.15, -0.1) is 0 Å². The number of carbonyl (C=O) groups excluding carboxylic acids is 2. The van der Waals surface area contributed by atoms with Gasteiger partial charge in [0.1, 0.15) is 5.75 Å². The number of amides is 2. The summed E-state index contributed by atoms with van der Waals surface area (Å²) in [5.74, 6) is 0.816. The van der Waals surface area contributed by atoms with E-state index in [0.29, 0.717) is 31.7 Å². The van der Waals surface area contributed by atoms with Gasteiger partial charge < -0.3 is 19.1 Å². The molecule has 2 aromatic carbocycles. The Balaban J connectivity index is 1.75. The number of aromatic nitrogens is 1. The highest BCUT2D eigenvalue weighted by Crippen LogP contribution is 2.31. The molecular weight excluding hydrogens is 390 g/mol. The van der Waals surface area contributed by atoms with Gasteiger partial charge in [-0.05, 0) is 30.7 Å². The summed E-state index contributed by atoms with van der Waals surface area (Å²) in [5, 5.41) is 0. The van der Waals surface area contributed by atoms with Crippen molar-refractivity contribution in [3.8, 4) is 22.7 Å². The van der Waals surface area contributed by atoms with Crippen LogP contribution >= 0.6 is 0 Å². The van der Waals surface area contributed by atoms with Gasteiger partial charge in [0.15, 0.2) is 0 Å². The lowest BCUT2D eigenvalue weighted by molar-refractivity contribution is -0.130. The normalized spacial score (nSPS) is 13.9. The molecule has 0 N–H and O–H groups in total. The van der Waals surface area contributed by atoms with Crippen molar-refractivity contribution in [1.29, 1.82) is 0 Å². The van der Waals surface area contributed by atoms with Gasteiger partial charge in [0.25, 0.3) is 5.91 Å². The number of piperazine rings is 1. The molecule has 6 nitrogen and oxygen atoms in total. The molecule has 1 fully saturated rings. The lowest BCUT2D eigenvalue weighted by atomic mass is 10.1. The molecule has 0 unspecified atom stereocenters. The van der Waals surface area contributed by atoms with Crippen LogP contribution in [0.15, 0.2) is 60.7 Å². The second-order valence-electron chi connectivity index (χ2n) is 7.73. The summed E-state index contributed by atoms with van der Waals surface area (Å²) in [4.78, 5) is 28.7. The molecule has 4 rings (SSSR count). The standard InChI is InChI=1S/C25H27N3O3/c1-18-23(25(30)27-14-12-26(13-15-27)19(2)29)17-24(20-8-5-4-6-9-20)28(18)21-10-7-11-22(16-21)31-3/h4-11,16-17H,12-15H2,1-3H3. The zero-order chi connectivity index (χ0) is 22.0. The molecule has 0 bridgehead atoms. The van der Waals surface area contributed by atoms with Crippen molar-refractivity contribution in [3.05, 3.63) is 71.9 Å². The number of carbonyl (C=O) groups is 2. The highest BCUT2D eigenvalue weighted by atomic mass is 16.5. The highest BCUT2D eigenvalue weighted by Gasteiger charge is 2.27. The quantitative estimate of drug-likeness (QED) is 0.649. The Hall–Kier alpha value is -3.54. The minimum atomic E-state index is -0.000436. The smallest absolute Gasteiger partial charge is 0.255 e. The van der Waals surface area contributed by atoms with Gasteiger partial charge in [-0.2, -0.15) is 0 Å². The van der Waals surface area contributed by atoms with Gasteiger partial charge in [0, 0.05) is 50.6 Å². The summed E-state index contributed by atoms with van der Waals surface area (Å²) in [6.45, 7) is 5.78. The largest absolute Gasteiger partial charge is 0.497 e. The molecule has 0 aliphatic carbocycles. The van der Waals surface area contributed by atoms with Gasteiger partial charge in [-0.25, -0.2) is 0 Å². The van der Waals surface area contributed by atoms with Gasteiger partial charge in [0.2, 0.25) is 5.91 Å². The van der Waals surface area contributed by atoms with Crippen molar-refractivity contribution in [3.63, 3.8) is 0 Å². The van der Waals surface area contributed by atoms with Crippen LogP contribution in [0.1, 0.15) is 23.0 Å². The molecule has 0 spiro atoms. The van der Waals surface area contributed by atoms with Crippen LogP contribution in [-0.2, 0) is 4.79 Å². The maximum absolute atomic E-state index is 13.4. The number of ether oxygens (including phenoxy) is 1. The monoisotopic (exact) mass is 417 g/mol. The zero-order valence-corrected chi connectivity index (χ0v) is 18.2. The first-order valence-corrected chi connectivity index (χ1v) is 10.5. The Morgan fingerprint density at radius 1 is 0.871 bits per heavy atom. The first kappa shape index (κ1) is 20.7. The number of hydrogen-bond acceptors (Lipinski definition) is 3. The predicted octanol–water partition coefficient (Wildman–Crippen LogP) is 3.77. The van der Waals surface area contributed by atoms with E-state index in [-0.39, 0.29) is 11.8 Å². The van der Waals surface area contributed by atoms with Crippen LogP contribution in [0.2, 0.25) is 0 Å². The molecule has 1 aliphatic heterocycles. The number of benzene rings is 2. The Labute approximate surface area is 182 Å². The Bertz CT molecular complexity index is 1100. The summed E-state index contributed by atoms with van der Waals surface area (Å²) in [5.41, 5.74) is 4.49. The molecular formula is C25H27N3O3. The third-order valence-corrected chi connectivity index (χ3v) is 5.87. The van der Waals surface area contributed by atoms with Crippen molar-refractivity contribution in [2.45, 2.75) is 13.8 Å². The molecule has 0 atom stereocenters. The van der Waals surface area contributed by atoms with Crippen LogP contribution in [0.4, 0.5) is 0 Å². The van der Waals surface area contributed by atoms with E-state index in [0.717, 1.165) is 28.4 Å². The number of rotatable bonds is 4. The second kappa shape index (κ2) is 8.68. The first-order chi connectivity index (χ1) is 15.0. The molecule has 1 saturated heterocycles. The van der Waals surface area contributed by atoms with Crippen molar-refractivity contribution in [2.24, 2.45) is 0 Å².